The van der Waals surface area contributed by atoms with E-state index in [0.29, 0.717) is 10.0 Å². The van der Waals surface area contributed by atoms with Gasteiger partial charge in [-0.25, -0.2) is 0 Å². The molecular weight excluding hydrogens is 317 g/mol. The van der Waals surface area contributed by atoms with E-state index < -0.39 is 11.7 Å². The molecule has 0 unspecified atom stereocenters. The van der Waals surface area contributed by atoms with Gasteiger partial charge in [-0.15, -0.1) is 0 Å². The molecule has 2 rings (SSSR count). The number of alkyl halides is 3. The van der Waals surface area contributed by atoms with Gasteiger partial charge in [-0.3, -0.25) is 0 Å². The van der Waals surface area contributed by atoms with Crippen LogP contribution in [-0.4, -0.2) is 0 Å². The van der Waals surface area contributed by atoms with Crippen molar-refractivity contribution in [3.63, 3.8) is 0 Å². The largest absolute Gasteiger partial charge is 0.416 e. The second-order valence-electron chi connectivity index (χ2n) is 4.44. The zero-order chi connectivity index (χ0) is 14.2. The van der Waals surface area contributed by atoms with Crippen LogP contribution in [-0.2, 0) is 6.18 Å². The Kier molecular flexibility index (Phi) is 3.72. The van der Waals surface area contributed by atoms with Gasteiger partial charge in [0, 0.05) is 4.47 Å². The normalized spacial score (nSPS) is 11.7. The highest BCUT2D eigenvalue weighted by atomic mass is 79.9. The van der Waals surface area contributed by atoms with Crippen molar-refractivity contribution in [2.24, 2.45) is 0 Å². The van der Waals surface area contributed by atoms with Crippen LogP contribution in [0.3, 0.4) is 0 Å². The van der Waals surface area contributed by atoms with E-state index in [0.717, 1.165) is 22.8 Å². The molecule has 2 aromatic rings. The van der Waals surface area contributed by atoms with E-state index in [2.05, 4.69) is 15.9 Å². The predicted octanol–water partition coefficient (Wildman–Crippen LogP) is 5.75. The molecule has 0 bridgehead atoms. The maximum absolute atomic E-state index is 12.8. The van der Waals surface area contributed by atoms with Gasteiger partial charge in [0.2, 0.25) is 0 Å². The third kappa shape index (κ3) is 2.84. The van der Waals surface area contributed by atoms with E-state index in [-0.39, 0.29) is 0 Å². The molecule has 0 spiro atoms. The van der Waals surface area contributed by atoms with Crippen molar-refractivity contribution >= 4 is 15.9 Å². The fourth-order valence-electron chi connectivity index (χ4n) is 1.95. The highest BCUT2D eigenvalue weighted by Gasteiger charge is 2.31. The van der Waals surface area contributed by atoms with Crippen LogP contribution in [0.25, 0.3) is 11.1 Å². The van der Waals surface area contributed by atoms with Crippen LogP contribution in [0.5, 0.6) is 0 Å². The number of hydrogen-bond acceptors (Lipinski definition) is 0. The van der Waals surface area contributed by atoms with E-state index >= 15 is 0 Å². The summed E-state index contributed by atoms with van der Waals surface area (Å²) in [6.07, 6.45) is -4.33. The molecule has 0 radical (unpaired) electrons. The Labute approximate surface area is 118 Å². The van der Waals surface area contributed by atoms with Gasteiger partial charge >= 0.3 is 6.18 Å². The highest BCUT2D eigenvalue weighted by Crippen LogP contribution is 2.37. The average Bonchev–Trinajstić information content (AvgIpc) is 2.32. The number of aryl methyl sites for hydroxylation is 1. The minimum atomic E-state index is -4.33. The first kappa shape index (κ1) is 14.1. The molecule has 19 heavy (non-hydrogen) atoms. The van der Waals surface area contributed by atoms with Gasteiger partial charge in [-0.1, -0.05) is 34.1 Å². The quantitative estimate of drug-likeness (QED) is 0.625. The average molecular weight is 329 g/mol. The maximum atomic E-state index is 12.8. The van der Waals surface area contributed by atoms with Crippen LogP contribution >= 0.6 is 15.9 Å². The molecule has 0 aliphatic rings. The van der Waals surface area contributed by atoms with Crippen molar-refractivity contribution in [3.8, 4) is 11.1 Å². The van der Waals surface area contributed by atoms with Gasteiger partial charge < -0.3 is 0 Å². The molecule has 0 heterocycles. The lowest BCUT2D eigenvalue weighted by Gasteiger charge is -2.13. The third-order valence-corrected chi connectivity index (χ3v) is 3.88. The van der Waals surface area contributed by atoms with E-state index in [9.17, 15) is 13.2 Å². The van der Waals surface area contributed by atoms with Gasteiger partial charge in [0.15, 0.2) is 0 Å². The first-order chi connectivity index (χ1) is 8.80. The van der Waals surface area contributed by atoms with Crippen LogP contribution < -0.4 is 0 Å². The molecular formula is C15H12BrF3. The molecule has 2 aromatic carbocycles. The summed E-state index contributed by atoms with van der Waals surface area (Å²) in [6.45, 7) is 3.86. The molecule has 0 aliphatic carbocycles. The lowest BCUT2D eigenvalue weighted by atomic mass is 9.96. The lowest BCUT2D eigenvalue weighted by Crippen LogP contribution is -2.05. The molecule has 0 nitrogen and oxygen atoms in total. The Hall–Kier alpha value is -1.29. The van der Waals surface area contributed by atoms with Gasteiger partial charge in [-0.05, 0) is 54.3 Å². The number of halogens is 4. The van der Waals surface area contributed by atoms with Crippen LogP contribution in [0.4, 0.5) is 13.2 Å². The zero-order valence-corrected chi connectivity index (χ0v) is 12.1. The fraction of sp³-hybridized carbons (Fsp3) is 0.200. The third-order valence-electron chi connectivity index (χ3n) is 3.19. The number of rotatable bonds is 1. The molecule has 0 N–H and O–H groups in total. The molecule has 0 aromatic heterocycles. The second-order valence-corrected chi connectivity index (χ2v) is 5.29. The van der Waals surface area contributed by atoms with E-state index in [4.69, 9.17) is 0 Å². The predicted molar refractivity (Wildman–Crippen MR) is 74.1 cm³/mol. The summed E-state index contributed by atoms with van der Waals surface area (Å²) in [7, 11) is 0. The van der Waals surface area contributed by atoms with E-state index in [1.807, 2.05) is 32.0 Å². The van der Waals surface area contributed by atoms with Gasteiger partial charge in [0.05, 0.1) is 5.56 Å². The molecule has 0 fully saturated rings. The molecule has 4 heteroatoms. The van der Waals surface area contributed by atoms with Crippen LogP contribution in [0, 0.1) is 13.8 Å². The zero-order valence-electron chi connectivity index (χ0n) is 10.5. The smallest absolute Gasteiger partial charge is 0.166 e. The summed E-state index contributed by atoms with van der Waals surface area (Å²) in [5.41, 5.74) is 2.80. The summed E-state index contributed by atoms with van der Waals surface area (Å²) in [6, 6.07) is 9.35. The lowest BCUT2D eigenvalue weighted by molar-refractivity contribution is -0.137. The van der Waals surface area contributed by atoms with Crippen molar-refractivity contribution in [1.29, 1.82) is 0 Å². The minimum Gasteiger partial charge on any atom is -0.166 e. The Morgan fingerprint density at radius 2 is 1.63 bits per heavy atom. The molecule has 0 saturated carbocycles. The van der Waals surface area contributed by atoms with Gasteiger partial charge in [0.25, 0.3) is 0 Å². The Bertz CT molecular complexity index is 615. The van der Waals surface area contributed by atoms with Crippen molar-refractivity contribution < 1.29 is 13.2 Å². The summed E-state index contributed by atoms with van der Waals surface area (Å²) in [4.78, 5) is 0. The molecule has 100 valence electrons. The number of benzene rings is 2. The van der Waals surface area contributed by atoms with Crippen LogP contribution in [0.2, 0.25) is 0 Å². The summed E-state index contributed by atoms with van der Waals surface area (Å²) in [5.74, 6) is 0. The minimum absolute atomic E-state index is 0.566. The molecule has 0 saturated heterocycles. The molecule has 0 aliphatic heterocycles. The van der Waals surface area contributed by atoms with Crippen molar-refractivity contribution in [1.82, 2.24) is 0 Å². The van der Waals surface area contributed by atoms with E-state index in [1.165, 1.54) is 12.1 Å². The first-order valence-corrected chi connectivity index (χ1v) is 6.53. The number of hydrogen-bond donors (Lipinski definition) is 0. The molecule has 0 amide bonds. The van der Waals surface area contributed by atoms with Crippen molar-refractivity contribution in [3.05, 3.63) is 57.6 Å². The highest BCUT2D eigenvalue weighted by molar-refractivity contribution is 9.10. The topological polar surface area (TPSA) is 0 Å². The fourth-order valence-corrected chi connectivity index (χ4v) is 2.41. The SMILES string of the molecule is Cc1cccc(-c2cc(C(F)(F)F)ccc2Br)c1C. The van der Waals surface area contributed by atoms with Crippen molar-refractivity contribution in [2.75, 3.05) is 0 Å². The second kappa shape index (κ2) is 5.00. The van der Waals surface area contributed by atoms with Gasteiger partial charge in [-0.2, -0.15) is 13.2 Å². The monoisotopic (exact) mass is 328 g/mol. The summed E-state index contributed by atoms with van der Waals surface area (Å²) in [5, 5.41) is 0. The Morgan fingerprint density at radius 1 is 0.947 bits per heavy atom. The summed E-state index contributed by atoms with van der Waals surface area (Å²) < 4.78 is 39.0. The van der Waals surface area contributed by atoms with Crippen molar-refractivity contribution in [2.45, 2.75) is 20.0 Å². The standard InChI is InChI=1S/C15H12BrF3/c1-9-4-3-5-12(10(9)2)13-8-11(15(17,18)19)6-7-14(13)16/h3-8H,1-2H3. The summed E-state index contributed by atoms with van der Waals surface area (Å²) >= 11 is 3.33. The molecule has 0 atom stereocenters. The Balaban J connectivity index is 2.65. The maximum Gasteiger partial charge on any atom is 0.416 e. The van der Waals surface area contributed by atoms with Gasteiger partial charge in [0.1, 0.15) is 0 Å². The first-order valence-electron chi connectivity index (χ1n) is 5.74. The Morgan fingerprint density at radius 3 is 2.26 bits per heavy atom. The van der Waals surface area contributed by atoms with Crippen LogP contribution in [0.15, 0.2) is 40.9 Å². The van der Waals surface area contributed by atoms with E-state index in [1.54, 1.807) is 0 Å². The van der Waals surface area contributed by atoms with Crippen LogP contribution in [0.1, 0.15) is 16.7 Å².